The van der Waals surface area contributed by atoms with Gasteiger partial charge in [-0.05, 0) is 62.1 Å². The maximum Gasteiger partial charge on any atom is 0.248 e. The highest BCUT2D eigenvalue weighted by Gasteiger charge is 2.37. The molecule has 2 heterocycles. The predicted molar refractivity (Wildman–Crippen MR) is 151 cm³/mol. The van der Waals surface area contributed by atoms with Gasteiger partial charge in [0.15, 0.2) is 0 Å². The van der Waals surface area contributed by atoms with Gasteiger partial charge in [0, 0.05) is 49.1 Å². The van der Waals surface area contributed by atoms with Crippen LogP contribution in [0, 0.1) is 5.82 Å². The van der Waals surface area contributed by atoms with Gasteiger partial charge in [-0.2, -0.15) is 0 Å². The Hall–Kier alpha value is -3.46. The lowest BCUT2D eigenvalue weighted by Crippen LogP contribution is -2.48. The van der Waals surface area contributed by atoms with Gasteiger partial charge in [-0.1, -0.05) is 31.4 Å². The first-order valence-electron chi connectivity index (χ1n) is 14.4. The van der Waals surface area contributed by atoms with Gasteiger partial charge >= 0.3 is 0 Å². The Morgan fingerprint density at radius 2 is 1.82 bits per heavy atom. The molecule has 5 rings (SSSR count). The third kappa shape index (κ3) is 5.84. The van der Waals surface area contributed by atoms with Crippen LogP contribution in [0.25, 0.3) is 0 Å². The molecule has 0 unspecified atom stereocenters. The number of carbonyl (C=O) groups is 3. The molecule has 1 aliphatic carbocycles. The minimum absolute atomic E-state index is 0.00509. The van der Waals surface area contributed by atoms with Crippen LogP contribution in [0.4, 0.5) is 10.1 Å². The van der Waals surface area contributed by atoms with Crippen molar-refractivity contribution in [2.45, 2.75) is 62.7 Å². The molecule has 8 nitrogen and oxygen atoms in total. The number of methoxy groups -OCH3 is 1. The van der Waals surface area contributed by atoms with Crippen LogP contribution in [-0.2, 0) is 15.0 Å². The molecule has 1 saturated carbocycles. The molecule has 2 saturated heterocycles. The largest absolute Gasteiger partial charge is 0.496 e. The highest BCUT2D eigenvalue weighted by molar-refractivity contribution is 6.01. The van der Waals surface area contributed by atoms with Crippen molar-refractivity contribution in [2.75, 3.05) is 44.7 Å². The number of rotatable bonds is 8. The highest BCUT2D eigenvalue weighted by Crippen LogP contribution is 2.46. The Morgan fingerprint density at radius 3 is 2.48 bits per heavy atom. The zero-order valence-corrected chi connectivity index (χ0v) is 23.2. The van der Waals surface area contributed by atoms with Gasteiger partial charge < -0.3 is 15.4 Å². The third-order valence-electron chi connectivity index (χ3n) is 9.10. The number of nitrogens with zero attached hydrogens (tertiary/aromatic N) is 2. The van der Waals surface area contributed by atoms with Gasteiger partial charge in [-0.15, -0.1) is 0 Å². The number of amides is 3. The fourth-order valence-electron chi connectivity index (χ4n) is 6.76. The molecule has 9 heteroatoms. The maximum absolute atomic E-state index is 15.2. The minimum Gasteiger partial charge on any atom is -0.496 e. The number of hydrogen-bond donors (Lipinski definition) is 2. The van der Waals surface area contributed by atoms with Crippen LogP contribution in [-0.4, -0.2) is 62.5 Å². The number of hydrogen-bond acceptors (Lipinski definition) is 6. The molecule has 2 aromatic rings. The Morgan fingerprint density at radius 1 is 1.07 bits per heavy atom. The second-order valence-corrected chi connectivity index (χ2v) is 11.4. The first kappa shape index (κ1) is 28.1. The van der Waals surface area contributed by atoms with Crippen LogP contribution in [0.15, 0.2) is 36.4 Å². The molecule has 2 aliphatic heterocycles. The number of ether oxygens (including phenoxy) is 1. The van der Waals surface area contributed by atoms with Crippen LogP contribution in [0.3, 0.4) is 0 Å². The number of imide groups is 1. The first-order chi connectivity index (χ1) is 19.3. The maximum atomic E-state index is 15.2. The zero-order chi connectivity index (χ0) is 28.3. The Balaban J connectivity index is 1.22. The molecule has 3 fully saturated rings. The molecule has 0 spiro atoms. The molecule has 0 radical (unpaired) electrons. The van der Waals surface area contributed by atoms with Crippen LogP contribution >= 0.6 is 0 Å². The van der Waals surface area contributed by atoms with Crippen molar-refractivity contribution in [3.63, 3.8) is 0 Å². The topological polar surface area (TPSA) is 105 Å². The summed E-state index contributed by atoms with van der Waals surface area (Å²) in [5.41, 5.74) is 8.30. The smallest absolute Gasteiger partial charge is 0.248 e. The van der Waals surface area contributed by atoms with E-state index in [9.17, 15) is 14.4 Å². The number of piperidine rings is 1. The molecule has 40 heavy (non-hydrogen) atoms. The average molecular weight is 551 g/mol. The number of nitrogens with one attached hydrogen (secondary N) is 1. The van der Waals surface area contributed by atoms with E-state index < -0.39 is 11.8 Å². The summed E-state index contributed by atoms with van der Waals surface area (Å²) in [6.45, 7) is 4.05. The summed E-state index contributed by atoms with van der Waals surface area (Å²) in [5.74, 6) is -1.17. The summed E-state index contributed by atoms with van der Waals surface area (Å²) in [6.07, 6.45) is 7.42. The lowest BCUT2D eigenvalue weighted by atomic mass is 9.67. The van der Waals surface area contributed by atoms with Gasteiger partial charge in [0.05, 0.1) is 18.7 Å². The summed E-state index contributed by atoms with van der Waals surface area (Å²) in [5, 5.41) is 2.35. The number of halogens is 1. The van der Waals surface area contributed by atoms with E-state index in [4.69, 9.17) is 10.5 Å². The van der Waals surface area contributed by atoms with Crippen molar-refractivity contribution in [1.82, 2.24) is 10.2 Å². The van der Waals surface area contributed by atoms with E-state index in [1.54, 1.807) is 19.2 Å². The second kappa shape index (κ2) is 12.0. The average Bonchev–Trinajstić information content (AvgIpc) is 2.96. The molecule has 0 aromatic heterocycles. The molecule has 0 bridgehead atoms. The quantitative estimate of drug-likeness (QED) is 0.484. The van der Waals surface area contributed by atoms with Gasteiger partial charge in [0.2, 0.25) is 17.7 Å². The van der Waals surface area contributed by atoms with Crippen molar-refractivity contribution < 1.29 is 23.5 Å². The van der Waals surface area contributed by atoms with E-state index in [1.165, 1.54) is 25.3 Å². The molecule has 1 atom stereocenters. The standard InChI is InChI=1S/C31H39FN4O4/c1-40-27-20-22(29(33)38)5-8-24(27)31(11-3-2-4-12-31)13-14-35-15-17-36(18-16-35)26-9-6-21(19-25(26)32)23-7-10-28(37)34-30(23)39/h5-6,8-9,19-20,23H,2-4,7,10-18H2,1H3,(H2,33,38)(H,34,37,39)/t23-/m1/s1. The van der Waals surface area contributed by atoms with Crippen LogP contribution in [0.1, 0.15) is 78.8 Å². The van der Waals surface area contributed by atoms with Gasteiger partial charge in [-0.25, -0.2) is 4.39 Å². The number of primary amides is 1. The number of nitrogens with two attached hydrogens (primary N) is 1. The van der Waals surface area contributed by atoms with E-state index in [2.05, 4.69) is 15.1 Å². The Bertz CT molecular complexity index is 1270. The number of carbonyl (C=O) groups excluding carboxylic acids is 3. The van der Waals surface area contributed by atoms with Crippen molar-refractivity contribution in [2.24, 2.45) is 5.73 Å². The number of benzene rings is 2. The normalized spacial score (nSPS) is 21.6. The molecule has 2 aromatic carbocycles. The lowest BCUT2D eigenvalue weighted by Gasteiger charge is -2.42. The lowest BCUT2D eigenvalue weighted by molar-refractivity contribution is -0.134. The molecule has 3 amide bonds. The van der Waals surface area contributed by atoms with Gasteiger partial charge in [0.25, 0.3) is 0 Å². The first-order valence-corrected chi connectivity index (χ1v) is 14.4. The van der Waals surface area contributed by atoms with Crippen molar-refractivity contribution in [3.8, 4) is 5.75 Å². The number of piperazine rings is 1. The van der Waals surface area contributed by atoms with Crippen LogP contribution < -0.4 is 20.7 Å². The second-order valence-electron chi connectivity index (χ2n) is 11.4. The Kier molecular flexibility index (Phi) is 8.40. The summed E-state index contributed by atoms with van der Waals surface area (Å²) in [4.78, 5) is 39.9. The SMILES string of the molecule is COc1cc(C(N)=O)ccc1C1(CCN2CCN(c3ccc([C@H]4CCC(=O)NC4=O)cc3F)CC2)CCCCC1. The Labute approximate surface area is 235 Å². The summed E-state index contributed by atoms with van der Waals surface area (Å²) in [6, 6.07) is 10.6. The monoisotopic (exact) mass is 550 g/mol. The van der Waals surface area contributed by atoms with Crippen LogP contribution in [0.2, 0.25) is 0 Å². The van der Waals surface area contributed by atoms with Crippen molar-refractivity contribution in [1.29, 1.82) is 0 Å². The summed E-state index contributed by atoms with van der Waals surface area (Å²) in [7, 11) is 1.65. The molecular weight excluding hydrogens is 511 g/mol. The van der Waals surface area contributed by atoms with E-state index in [1.807, 2.05) is 18.2 Å². The zero-order valence-electron chi connectivity index (χ0n) is 23.2. The summed E-state index contributed by atoms with van der Waals surface area (Å²) >= 11 is 0. The molecule has 3 aliphatic rings. The van der Waals surface area contributed by atoms with Crippen molar-refractivity contribution >= 4 is 23.4 Å². The number of anilines is 1. The van der Waals surface area contributed by atoms with E-state index >= 15 is 4.39 Å². The van der Waals surface area contributed by atoms with Crippen molar-refractivity contribution in [3.05, 3.63) is 58.9 Å². The fraction of sp³-hybridized carbons (Fsp3) is 0.516. The highest BCUT2D eigenvalue weighted by atomic mass is 19.1. The van der Waals surface area contributed by atoms with Gasteiger partial charge in [-0.3, -0.25) is 24.6 Å². The summed E-state index contributed by atoms with van der Waals surface area (Å²) < 4.78 is 20.9. The minimum atomic E-state index is -0.490. The van der Waals surface area contributed by atoms with E-state index in [0.717, 1.165) is 63.3 Å². The molecule has 3 N–H and O–H groups in total. The molecular formula is C31H39FN4O4. The predicted octanol–water partition coefficient (Wildman–Crippen LogP) is 3.87. The fourth-order valence-corrected chi connectivity index (χ4v) is 6.76. The van der Waals surface area contributed by atoms with Gasteiger partial charge in [0.1, 0.15) is 11.6 Å². The van der Waals surface area contributed by atoms with Crippen LogP contribution in [0.5, 0.6) is 5.75 Å². The molecule has 214 valence electrons. The third-order valence-corrected chi connectivity index (χ3v) is 9.10. The van der Waals surface area contributed by atoms with E-state index in [0.29, 0.717) is 23.2 Å². The van der Waals surface area contributed by atoms with E-state index in [-0.39, 0.29) is 29.5 Å².